The van der Waals surface area contributed by atoms with E-state index in [0.29, 0.717) is 17.3 Å². The van der Waals surface area contributed by atoms with Crippen molar-refractivity contribution in [2.24, 2.45) is 17.8 Å². The van der Waals surface area contributed by atoms with Crippen molar-refractivity contribution in [3.63, 3.8) is 0 Å². The van der Waals surface area contributed by atoms with Crippen LogP contribution in [0.25, 0.3) is 0 Å². The third-order valence-electron chi connectivity index (χ3n) is 5.30. The standard InChI is InChI=1S/C20H21ClN2O5/c1-11(2)9-27-19(26)22-10-20-8-7-14(28-20)15-16(20)18(25)23(17(15)24)13-5-3-12(21)4-6-13/h3-8,11,14-16H,9-10H2,1-2H3,(H,22,26)/t14-,15+,16+,20+/m0/s1. The molecule has 0 radical (unpaired) electrons. The summed E-state index contributed by atoms with van der Waals surface area (Å²) in [6.45, 7) is 4.24. The van der Waals surface area contributed by atoms with Crippen molar-refractivity contribution >= 4 is 35.2 Å². The minimum absolute atomic E-state index is 0.0611. The molecule has 2 bridgehead atoms. The van der Waals surface area contributed by atoms with Gasteiger partial charge in [0.2, 0.25) is 11.8 Å². The van der Waals surface area contributed by atoms with Gasteiger partial charge in [-0.05, 0) is 30.2 Å². The molecule has 1 aromatic carbocycles. The first-order valence-corrected chi connectivity index (χ1v) is 9.61. The Morgan fingerprint density at radius 2 is 2.00 bits per heavy atom. The second kappa shape index (κ2) is 6.90. The van der Waals surface area contributed by atoms with Gasteiger partial charge in [-0.15, -0.1) is 0 Å². The number of imide groups is 1. The largest absolute Gasteiger partial charge is 0.449 e. The number of anilines is 1. The molecule has 0 unspecified atom stereocenters. The van der Waals surface area contributed by atoms with Crippen LogP contribution in [0.2, 0.25) is 5.02 Å². The van der Waals surface area contributed by atoms with Gasteiger partial charge in [-0.25, -0.2) is 9.69 Å². The highest BCUT2D eigenvalue weighted by atomic mass is 35.5. The molecule has 4 rings (SSSR count). The number of alkyl carbamates (subject to hydrolysis) is 1. The SMILES string of the molecule is CC(C)COC(=O)NC[C@@]12C=C[C@H](O1)[C@H]1C(=O)N(c3ccc(Cl)cc3)C(=O)[C@@H]12. The topological polar surface area (TPSA) is 84.9 Å². The van der Waals surface area contributed by atoms with Gasteiger partial charge in [0, 0.05) is 5.02 Å². The Morgan fingerprint density at radius 3 is 2.68 bits per heavy atom. The Hall–Kier alpha value is -2.38. The molecule has 2 saturated heterocycles. The monoisotopic (exact) mass is 404 g/mol. The summed E-state index contributed by atoms with van der Waals surface area (Å²) in [5.74, 6) is -1.69. The fourth-order valence-electron chi connectivity index (χ4n) is 4.05. The maximum absolute atomic E-state index is 13.2. The first-order valence-electron chi connectivity index (χ1n) is 9.23. The van der Waals surface area contributed by atoms with E-state index in [-0.39, 0.29) is 24.3 Å². The fourth-order valence-corrected chi connectivity index (χ4v) is 4.18. The van der Waals surface area contributed by atoms with Gasteiger partial charge in [-0.3, -0.25) is 9.59 Å². The van der Waals surface area contributed by atoms with Gasteiger partial charge in [0.15, 0.2) is 0 Å². The number of benzene rings is 1. The smallest absolute Gasteiger partial charge is 0.407 e. The van der Waals surface area contributed by atoms with Crippen LogP contribution >= 0.6 is 11.6 Å². The van der Waals surface area contributed by atoms with Crippen LogP contribution in [0.4, 0.5) is 10.5 Å². The van der Waals surface area contributed by atoms with Gasteiger partial charge in [-0.1, -0.05) is 37.6 Å². The maximum Gasteiger partial charge on any atom is 0.407 e. The van der Waals surface area contributed by atoms with E-state index in [1.807, 2.05) is 13.8 Å². The summed E-state index contributed by atoms with van der Waals surface area (Å²) in [5, 5.41) is 3.19. The summed E-state index contributed by atoms with van der Waals surface area (Å²) in [4.78, 5) is 39.3. The van der Waals surface area contributed by atoms with Crippen molar-refractivity contribution in [3.8, 4) is 0 Å². The third-order valence-corrected chi connectivity index (χ3v) is 5.55. The van der Waals surface area contributed by atoms with E-state index < -0.39 is 29.6 Å². The van der Waals surface area contributed by atoms with E-state index in [1.54, 1.807) is 36.4 Å². The number of rotatable bonds is 5. The predicted octanol–water partition coefficient (Wildman–Crippen LogP) is 2.54. The molecule has 0 saturated carbocycles. The zero-order valence-corrected chi connectivity index (χ0v) is 16.3. The summed E-state index contributed by atoms with van der Waals surface area (Å²) in [6, 6.07) is 6.56. The molecule has 0 aromatic heterocycles. The quantitative estimate of drug-likeness (QED) is 0.602. The highest BCUT2D eigenvalue weighted by Gasteiger charge is 2.67. The normalized spacial score (nSPS) is 30.3. The van der Waals surface area contributed by atoms with E-state index in [0.717, 1.165) is 0 Å². The lowest BCUT2D eigenvalue weighted by Crippen LogP contribution is -2.49. The van der Waals surface area contributed by atoms with E-state index >= 15 is 0 Å². The summed E-state index contributed by atoms with van der Waals surface area (Å²) in [5.41, 5.74) is -0.562. The molecule has 0 spiro atoms. The first-order chi connectivity index (χ1) is 13.3. The van der Waals surface area contributed by atoms with Crippen molar-refractivity contribution in [1.29, 1.82) is 0 Å². The lowest BCUT2D eigenvalue weighted by atomic mass is 9.77. The maximum atomic E-state index is 13.2. The van der Waals surface area contributed by atoms with Crippen molar-refractivity contribution in [3.05, 3.63) is 41.4 Å². The third kappa shape index (κ3) is 2.99. The van der Waals surface area contributed by atoms with Crippen molar-refractivity contribution in [2.75, 3.05) is 18.1 Å². The molecule has 7 nitrogen and oxygen atoms in total. The molecule has 3 amide bonds. The zero-order valence-electron chi connectivity index (χ0n) is 15.6. The van der Waals surface area contributed by atoms with Crippen LogP contribution in [0, 0.1) is 17.8 Å². The molecule has 28 heavy (non-hydrogen) atoms. The molecule has 3 heterocycles. The van der Waals surface area contributed by atoms with Crippen LogP contribution < -0.4 is 10.2 Å². The summed E-state index contributed by atoms with van der Waals surface area (Å²) < 4.78 is 11.1. The van der Waals surface area contributed by atoms with Gasteiger partial charge in [0.25, 0.3) is 0 Å². The Labute approximate surface area is 167 Å². The van der Waals surface area contributed by atoms with Crippen LogP contribution in [0.3, 0.4) is 0 Å². The number of hydrogen-bond donors (Lipinski definition) is 1. The second-order valence-corrected chi connectivity index (χ2v) is 8.17. The van der Waals surface area contributed by atoms with Crippen LogP contribution in [0.15, 0.2) is 36.4 Å². The molecule has 2 fully saturated rings. The number of hydrogen-bond acceptors (Lipinski definition) is 5. The summed E-state index contributed by atoms with van der Waals surface area (Å²) in [7, 11) is 0. The molecule has 1 N–H and O–H groups in total. The number of nitrogens with zero attached hydrogens (tertiary/aromatic N) is 1. The number of amides is 3. The van der Waals surface area contributed by atoms with Gasteiger partial charge < -0.3 is 14.8 Å². The second-order valence-electron chi connectivity index (χ2n) is 7.73. The van der Waals surface area contributed by atoms with E-state index in [9.17, 15) is 14.4 Å². The van der Waals surface area contributed by atoms with Crippen molar-refractivity contribution in [1.82, 2.24) is 5.32 Å². The molecule has 1 aromatic rings. The number of halogens is 1. The highest BCUT2D eigenvalue weighted by Crippen LogP contribution is 2.52. The van der Waals surface area contributed by atoms with Crippen molar-refractivity contribution in [2.45, 2.75) is 25.6 Å². The molecular weight excluding hydrogens is 384 g/mol. The average molecular weight is 405 g/mol. The minimum Gasteiger partial charge on any atom is -0.449 e. The van der Waals surface area contributed by atoms with Crippen molar-refractivity contribution < 1.29 is 23.9 Å². The fraction of sp³-hybridized carbons (Fsp3) is 0.450. The lowest BCUT2D eigenvalue weighted by molar-refractivity contribution is -0.126. The Morgan fingerprint density at radius 1 is 1.29 bits per heavy atom. The molecular formula is C20H21ClN2O5. The lowest BCUT2D eigenvalue weighted by Gasteiger charge is -2.29. The zero-order chi connectivity index (χ0) is 20.1. The van der Waals surface area contributed by atoms with Gasteiger partial charge in [0.1, 0.15) is 5.60 Å². The van der Waals surface area contributed by atoms with Crippen LogP contribution in [-0.2, 0) is 19.1 Å². The van der Waals surface area contributed by atoms with Crippen LogP contribution in [-0.4, -0.2) is 42.8 Å². The average Bonchev–Trinajstić information content (AvgIpc) is 3.30. The molecule has 4 atom stereocenters. The Bertz CT molecular complexity index is 853. The van der Waals surface area contributed by atoms with E-state index in [4.69, 9.17) is 21.1 Å². The molecule has 148 valence electrons. The number of nitrogens with one attached hydrogen (secondary N) is 1. The molecule has 3 aliphatic heterocycles. The van der Waals surface area contributed by atoms with Crippen LogP contribution in [0.1, 0.15) is 13.8 Å². The highest BCUT2D eigenvalue weighted by molar-refractivity contribution is 6.31. The Kier molecular flexibility index (Phi) is 4.67. The number of fused-ring (bicyclic) bond motifs is 5. The number of carbonyl (C=O) groups is 3. The van der Waals surface area contributed by atoms with Gasteiger partial charge in [0.05, 0.1) is 36.8 Å². The van der Waals surface area contributed by atoms with Gasteiger partial charge >= 0.3 is 6.09 Å². The van der Waals surface area contributed by atoms with E-state index in [1.165, 1.54) is 4.90 Å². The molecule has 0 aliphatic carbocycles. The minimum atomic E-state index is -1.04. The summed E-state index contributed by atoms with van der Waals surface area (Å²) in [6.07, 6.45) is 2.52. The van der Waals surface area contributed by atoms with Gasteiger partial charge in [-0.2, -0.15) is 0 Å². The molecule has 3 aliphatic rings. The number of ether oxygens (including phenoxy) is 2. The molecule has 8 heteroatoms. The summed E-state index contributed by atoms with van der Waals surface area (Å²) >= 11 is 5.91. The number of carbonyl (C=O) groups excluding carboxylic acids is 3. The predicted molar refractivity (Wildman–Crippen MR) is 102 cm³/mol. The van der Waals surface area contributed by atoms with E-state index in [2.05, 4.69) is 5.32 Å². The first kappa shape index (κ1) is 19.0. The van der Waals surface area contributed by atoms with Crippen LogP contribution in [0.5, 0.6) is 0 Å². The Balaban J connectivity index is 1.53.